The Bertz CT molecular complexity index is 664. The molecule has 1 fully saturated rings. The number of hydrogen-bond donors (Lipinski definition) is 2. The van der Waals surface area contributed by atoms with Crippen LogP contribution in [0.25, 0.3) is 0 Å². The van der Waals surface area contributed by atoms with Crippen molar-refractivity contribution in [3.05, 3.63) is 24.3 Å². The van der Waals surface area contributed by atoms with Gasteiger partial charge in [-0.1, -0.05) is 6.07 Å². The Morgan fingerprint density at radius 2 is 1.90 bits per heavy atom. The molecule has 8 heteroatoms. The predicted octanol–water partition coefficient (Wildman–Crippen LogP) is 3.76. The minimum absolute atomic E-state index is 0. The highest BCUT2D eigenvalue weighted by Crippen LogP contribution is 2.25. The third kappa shape index (κ3) is 8.97. The maximum Gasteiger partial charge on any atom is 0.308 e. The standard InChI is InChI=1S/C22H35N3O4.HI/c1-5-23-22(25-18-12-10-17(11-13-18)21(26)28-6-2)24-15-16(3)29-20-9-7-8-19(14-20)27-4;/h7-9,14,16-18H,5-6,10-13,15H2,1-4H3,(H2,23,24,25);1H. The van der Waals surface area contributed by atoms with Crippen molar-refractivity contribution in [3.8, 4) is 11.5 Å². The van der Waals surface area contributed by atoms with Gasteiger partial charge in [-0.25, -0.2) is 4.99 Å². The second-order valence-corrected chi connectivity index (χ2v) is 7.27. The Hall–Kier alpha value is -1.71. The van der Waals surface area contributed by atoms with E-state index in [-0.39, 0.29) is 42.0 Å². The molecule has 0 amide bonds. The van der Waals surface area contributed by atoms with Gasteiger partial charge in [0.05, 0.1) is 26.2 Å². The van der Waals surface area contributed by atoms with Crippen LogP contribution in [0, 0.1) is 5.92 Å². The summed E-state index contributed by atoms with van der Waals surface area (Å²) in [6, 6.07) is 7.88. The van der Waals surface area contributed by atoms with Crippen molar-refractivity contribution in [3.63, 3.8) is 0 Å². The number of benzene rings is 1. The molecule has 1 saturated carbocycles. The molecule has 1 atom stereocenters. The van der Waals surface area contributed by atoms with Crippen LogP contribution in [0.5, 0.6) is 11.5 Å². The number of halogens is 1. The number of nitrogens with one attached hydrogen (secondary N) is 2. The van der Waals surface area contributed by atoms with E-state index in [1.165, 1.54) is 0 Å². The molecule has 0 spiro atoms. The lowest BCUT2D eigenvalue weighted by atomic mass is 9.86. The number of esters is 1. The summed E-state index contributed by atoms with van der Waals surface area (Å²) < 4.78 is 16.3. The Morgan fingerprint density at radius 3 is 2.53 bits per heavy atom. The summed E-state index contributed by atoms with van der Waals surface area (Å²) in [5.41, 5.74) is 0. The molecule has 0 aliphatic heterocycles. The fourth-order valence-corrected chi connectivity index (χ4v) is 3.41. The molecule has 0 aromatic heterocycles. The maximum atomic E-state index is 11.9. The highest BCUT2D eigenvalue weighted by molar-refractivity contribution is 14.0. The normalized spacial score (nSPS) is 19.8. The van der Waals surface area contributed by atoms with Crippen LogP contribution in [-0.2, 0) is 9.53 Å². The molecule has 170 valence electrons. The minimum atomic E-state index is -0.0721. The van der Waals surface area contributed by atoms with Crippen LogP contribution < -0.4 is 20.1 Å². The van der Waals surface area contributed by atoms with Crippen LogP contribution in [0.2, 0.25) is 0 Å². The zero-order valence-electron chi connectivity index (χ0n) is 18.5. The highest BCUT2D eigenvalue weighted by atomic mass is 127. The van der Waals surface area contributed by atoms with Gasteiger partial charge >= 0.3 is 5.97 Å². The first-order chi connectivity index (χ1) is 14.0. The van der Waals surface area contributed by atoms with Crippen LogP contribution in [-0.4, -0.2) is 50.9 Å². The molecule has 2 rings (SSSR count). The number of guanidine groups is 1. The van der Waals surface area contributed by atoms with E-state index in [4.69, 9.17) is 14.2 Å². The van der Waals surface area contributed by atoms with E-state index in [1.807, 2.05) is 45.0 Å². The minimum Gasteiger partial charge on any atom is -0.497 e. The largest absolute Gasteiger partial charge is 0.497 e. The van der Waals surface area contributed by atoms with E-state index >= 15 is 0 Å². The van der Waals surface area contributed by atoms with Crippen molar-refractivity contribution in [2.75, 3.05) is 26.8 Å². The molecule has 1 aliphatic rings. The summed E-state index contributed by atoms with van der Waals surface area (Å²) >= 11 is 0. The summed E-state index contributed by atoms with van der Waals surface area (Å²) in [6.45, 7) is 7.66. The molecule has 0 bridgehead atoms. The van der Waals surface area contributed by atoms with Crippen LogP contribution in [0.3, 0.4) is 0 Å². The quantitative estimate of drug-likeness (QED) is 0.218. The maximum absolute atomic E-state index is 11.9. The smallest absolute Gasteiger partial charge is 0.308 e. The summed E-state index contributed by atoms with van der Waals surface area (Å²) in [6.07, 6.45) is 3.50. The first kappa shape index (κ1) is 26.3. The Kier molecular flexibility index (Phi) is 12.6. The van der Waals surface area contributed by atoms with Gasteiger partial charge < -0.3 is 24.8 Å². The van der Waals surface area contributed by atoms with E-state index in [2.05, 4.69) is 15.6 Å². The van der Waals surface area contributed by atoms with Gasteiger partial charge in [0.1, 0.15) is 17.6 Å². The molecule has 30 heavy (non-hydrogen) atoms. The van der Waals surface area contributed by atoms with E-state index in [0.29, 0.717) is 19.2 Å². The second-order valence-electron chi connectivity index (χ2n) is 7.27. The summed E-state index contributed by atoms with van der Waals surface area (Å²) in [5, 5.41) is 6.79. The van der Waals surface area contributed by atoms with Crippen molar-refractivity contribution in [2.45, 2.75) is 58.6 Å². The van der Waals surface area contributed by atoms with Gasteiger partial charge in [-0.3, -0.25) is 4.79 Å². The Morgan fingerprint density at radius 1 is 1.20 bits per heavy atom. The monoisotopic (exact) mass is 533 g/mol. The third-order valence-electron chi connectivity index (χ3n) is 4.92. The van der Waals surface area contributed by atoms with E-state index in [9.17, 15) is 4.79 Å². The van der Waals surface area contributed by atoms with Gasteiger partial charge in [0.25, 0.3) is 0 Å². The van der Waals surface area contributed by atoms with Gasteiger partial charge in [0.2, 0.25) is 0 Å². The number of carbonyl (C=O) groups is 1. The summed E-state index contributed by atoms with van der Waals surface area (Å²) in [7, 11) is 1.64. The van der Waals surface area contributed by atoms with Gasteiger partial charge in [-0.15, -0.1) is 24.0 Å². The molecular weight excluding hydrogens is 497 g/mol. The molecule has 1 unspecified atom stereocenters. The molecule has 0 heterocycles. The first-order valence-corrected chi connectivity index (χ1v) is 10.6. The Balaban J connectivity index is 0.00000450. The van der Waals surface area contributed by atoms with Crippen LogP contribution >= 0.6 is 24.0 Å². The average molecular weight is 533 g/mol. The van der Waals surface area contributed by atoms with Gasteiger partial charge in [0.15, 0.2) is 5.96 Å². The number of hydrogen-bond acceptors (Lipinski definition) is 5. The fraction of sp³-hybridized carbons (Fsp3) is 0.636. The molecule has 0 radical (unpaired) electrons. The number of nitrogens with zero attached hydrogens (tertiary/aromatic N) is 1. The van der Waals surface area contributed by atoms with Crippen molar-refractivity contribution in [1.29, 1.82) is 0 Å². The van der Waals surface area contributed by atoms with Crippen molar-refractivity contribution >= 4 is 35.9 Å². The number of rotatable bonds is 9. The Labute approximate surface area is 197 Å². The molecule has 1 aromatic carbocycles. The van der Waals surface area contributed by atoms with Crippen molar-refractivity contribution in [2.24, 2.45) is 10.9 Å². The number of carbonyl (C=O) groups excluding carboxylic acids is 1. The fourth-order valence-electron chi connectivity index (χ4n) is 3.41. The van der Waals surface area contributed by atoms with Gasteiger partial charge in [-0.2, -0.15) is 0 Å². The zero-order chi connectivity index (χ0) is 21.1. The number of ether oxygens (including phenoxy) is 3. The molecular formula is C22H36IN3O4. The lowest BCUT2D eigenvalue weighted by Crippen LogP contribution is -2.45. The molecule has 1 aromatic rings. The van der Waals surface area contributed by atoms with Crippen molar-refractivity contribution in [1.82, 2.24) is 10.6 Å². The SMILES string of the molecule is CCNC(=NCC(C)Oc1cccc(OC)c1)NC1CCC(C(=O)OCC)CC1.I. The molecule has 2 N–H and O–H groups in total. The van der Waals surface area contributed by atoms with Crippen LogP contribution in [0.4, 0.5) is 0 Å². The van der Waals surface area contributed by atoms with Crippen molar-refractivity contribution < 1.29 is 19.0 Å². The van der Waals surface area contributed by atoms with Gasteiger partial charge in [0, 0.05) is 18.7 Å². The summed E-state index contributed by atoms with van der Waals surface area (Å²) in [4.78, 5) is 16.6. The van der Waals surface area contributed by atoms with Crippen LogP contribution in [0.1, 0.15) is 46.5 Å². The summed E-state index contributed by atoms with van der Waals surface area (Å²) in [5.74, 6) is 2.29. The second kappa shape index (κ2) is 14.3. The first-order valence-electron chi connectivity index (χ1n) is 10.6. The van der Waals surface area contributed by atoms with Crippen LogP contribution in [0.15, 0.2) is 29.3 Å². The number of methoxy groups -OCH3 is 1. The van der Waals surface area contributed by atoms with E-state index in [0.717, 1.165) is 49.7 Å². The third-order valence-corrected chi connectivity index (χ3v) is 4.92. The molecule has 0 saturated heterocycles. The predicted molar refractivity (Wildman–Crippen MR) is 130 cm³/mol. The van der Waals surface area contributed by atoms with E-state index in [1.54, 1.807) is 7.11 Å². The molecule has 1 aliphatic carbocycles. The molecule has 7 nitrogen and oxygen atoms in total. The highest BCUT2D eigenvalue weighted by Gasteiger charge is 2.27. The van der Waals surface area contributed by atoms with Gasteiger partial charge in [-0.05, 0) is 58.6 Å². The average Bonchev–Trinajstić information content (AvgIpc) is 2.73. The topological polar surface area (TPSA) is 81.2 Å². The van der Waals surface area contributed by atoms with E-state index < -0.39 is 0 Å². The lowest BCUT2D eigenvalue weighted by molar-refractivity contribution is -0.149. The zero-order valence-corrected chi connectivity index (χ0v) is 20.8. The lowest BCUT2D eigenvalue weighted by Gasteiger charge is -2.29. The number of aliphatic imine (C=N–C) groups is 1.